The van der Waals surface area contributed by atoms with Crippen LogP contribution in [0.4, 0.5) is 5.82 Å². The van der Waals surface area contributed by atoms with Crippen LogP contribution in [-0.4, -0.2) is 70.5 Å². The van der Waals surface area contributed by atoms with Crippen LogP contribution >= 0.6 is 0 Å². The summed E-state index contributed by atoms with van der Waals surface area (Å²) in [5.41, 5.74) is 2.72. The first kappa shape index (κ1) is 21.2. The van der Waals surface area contributed by atoms with Crippen molar-refractivity contribution in [3.8, 4) is 5.69 Å². The number of aromatic nitrogens is 4. The van der Waals surface area contributed by atoms with Crippen LogP contribution in [0.1, 0.15) is 25.4 Å². The van der Waals surface area contributed by atoms with Crippen LogP contribution in [0.5, 0.6) is 0 Å². The number of carbonyl (C=O) groups excluding carboxylic acids is 1. The molecule has 0 bridgehead atoms. The average molecular weight is 423 g/mol. The lowest BCUT2D eigenvalue weighted by Crippen LogP contribution is -2.50. The van der Waals surface area contributed by atoms with Gasteiger partial charge in [-0.3, -0.25) is 4.79 Å². The van der Waals surface area contributed by atoms with Gasteiger partial charge in [-0.1, -0.05) is 32.0 Å². The summed E-state index contributed by atoms with van der Waals surface area (Å²) in [6.07, 6.45) is 0.800. The Bertz CT molecular complexity index is 1050. The predicted molar refractivity (Wildman–Crippen MR) is 121 cm³/mol. The summed E-state index contributed by atoms with van der Waals surface area (Å²) < 4.78 is 6.92. The van der Waals surface area contributed by atoms with Crippen LogP contribution in [0.2, 0.25) is 0 Å². The Kier molecular flexibility index (Phi) is 6.18. The molecule has 31 heavy (non-hydrogen) atoms. The van der Waals surface area contributed by atoms with E-state index in [9.17, 15) is 4.79 Å². The number of anilines is 1. The van der Waals surface area contributed by atoms with Gasteiger partial charge in [0.1, 0.15) is 18.2 Å². The Morgan fingerprint density at radius 2 is 1.81 bits per heavy atom. The molecule has 3 heterocycles. The second-order valence-corrected chi connectivity index (χ2v) is 8.39. The minimum atomic E-state index is 0.0311. The van der Waals surface area contributed by atoms with Crippen molar-refractivity contribution in [2.45, 2.75) is 27.2 Å². The molecule has 1 fully saturated rings. The van der Waals surface area contributed by atoms with Gasteiger partial charge in [0, 0.05) is 39.7 Å². The Balaban J connectivity index is 1.74. The van der Waals surface area contributed by atoms with Crippen LogP contribution in [-0.2, 0) is 16.0 Å². The number of methoxy groups -OCH3 is 1. The van der Waals surface area contributed by atoms with E-state index in [4.69, 9.17) is 19.8 Å². The molecule has 164 valence electrons. The predicted octanol–water partition coefficient (Wildman–Crippen LogP) is 2.62. The maximum Gasteiger partial charge on any atom is 0.248 e. The van der Waals surface area contributed by atoms with E-state index in [1.165, 1.54) is 0 Å². The zero-order chi connectivity index (χ0) is 22.0. The lowest BCUT2D eigenvalue weighted by atomic mass is 10.1. The summed E-state index contributed by atoms with van der Waals surface area (Å²) in [7, 11) is 1.55. The molecule has 0 saturated carbocycles. The van der Waals surface area contributed by atoms with Gasteiger partial charge in [0.05, 0.1) is 16.8 Å². The van der Waals surface area contributed by atoms with Gasteiger partial charge in [0.25, 0.3) is 0 Å². The molecule has 0 aliphatic carbocycles. The van der Waals surface area contributed by atoms with E-state index in [0.717, 1.165) is 53.6 Å². The summed E-state index contributed by atoms with van der Waals surface area (Å²) in [4.78, 5) is 26.2. The number of fused-ring (bicyclic) bond motifs is 1. The van der Waals surface area contributed by atoms with E-state index in [0.29, 0.717) is 19.0 Å². The topological polar surface area (TPSA) is 76.4 Å². The van der Waals surface area contributed by atoms with Crippen molar-refractivity contribution in [2.75, 3.05) is 44.8 Å². The largest absolute Gasteiger partial charge is 0.375 e. The molecule has 4 rings (SSSR count). The number of carbonyl (C=O) groups is 1. The third kappa shape index (κ3) is 4.39. The highest BCUT2D eigenvalue weighted by Crippen LogP contribution is 2.30. The number of benzene rings is 1. The standard InChI is InChI=1S/C23H30N6O2/c1-16(2)14-19-24-22(28-12-10-27(11-13-28)20(30)15-31-4)21-17(3)26-29(23(21)25-19)18-8-6-5-7-9-18/h5-9,16H,10-15H2,1-4H3. The second-order valence-electron chi connectivity index (χ2n) is 8.39. The first-order chi connectivity index (χ1) is 15.0. The minimum Gasteiger partial charge on any atom is -0.375 e. The molecule has 1 aromatic carbocycles. The van der Waals surface area contributed by atoms with Gasteiger partial charge in [-0.15, -0.1) is 0 Å². The van der Waals surface area contributed by atoms with E-state index in [2.05, 4.69) is 18.7 Å². The maximum atomic E-state index is 12.2. The van der Waals surface area contributed by atoms with Crippen LogP contribution in [0, 0.1) is 12.8 Å². The normalized spacial score (nSPS) is 14.6. The van der Waals surface area contributed by atoms with Crippen molar-refractivity contribution in [1.29, 1.82) is 0 Å². The minimum absolute atomic E-state index is 0.0311. The summed E-state index contributed by atoms with van der Waals surface area (Å²) in [6, 6.07) is 10.1. The maximum absolute atomic E-state index is 12.2. The number of ether oxygens (including phenoxy) is 1. The highest BCUT2D eigenvalue weighted by Gasteiger charge is 2.26. The number of hydrogen-bond donors (Lipinski definition) is 0. The second kappa shape index (κ2) is 9.01. The van der Waals surface area contributed by atoms with E-state index in [1.807, 2.05) is 46.8 Å². The fourth-order valence-electron chi connectivity index (χ4n) is 4.02. The molecular weight excluding hydrogens is 392 g/mol. The number of piperazine rings is 1. The summed E-state index contributed by atoms with van der Waals surface area (Å²) >= 11 is 0. The fraction of sp³-hybridized carbons (Fsp3) is 0.478. The first-order valence-electron chi connectivity index (χ1n) is 10.8. The van der Waals surface area contributed by atoms with Gasteiger partial charge in [0.15, 0.2) is 5.65 Å². The van der Waals surface area contributed by atoms with E-state index in [1.54, 1.807) is 7.11 Å². The first-order valence-corrected chi connectivity index (χ1v) is 10.8. The molecule has 8 heteroatoms. The van der Waals surface area contributed by atoms with Gasteiger partial charge >= 0.3 is 0 Å². The van der Waals surface area contributed by atoms with Gasteiger partial charge in [-0.25, -0.2) is 14.6 Å². The van der Waals surface area contributed by atoms with Gasteiger partial charge in [-0.2, -0.15) is 5.10 Å². The zero-order valence-electron chi connectivity index (χ0n) is 18.7. The van der Waals surface area contributed by atoms with Crippen LogP contribution in [0.3, 0.4) is 0 Å². The SMILES string of the molecule is COCC(=O)N1CCN(c2nc(CC(C)C)nc3c2c(C)nn3-c2ccccc2)CC1. The molecule has 0 spiro atoms. The quantitative estimate of drug-likeness (QED) is 0.608. The highest BCUT2D eigenvalue weighted by molar-refractivity contribution is 5.91. The Hall–Kier alpha value is -3.00. The number of hydrogen-bond acceptors (Lipinski definition) is 6. The molecule has 2 aromatic heterocycles. The van der Waals surface area contributed by atoms with Crippen molar-refractivity contribution in [2.24, 2.45) is 5.92 Å². The average Bonchev–Trinajstić information content (AvgIpc) is 3.10. The van der Waals surface area contributed by atoms with Crippen molar-refractivity contribution >= 4 is 22.8 Å². The molecule has 0 atom stereocenters. The third-order valence-corrected chi connectivity index (χ3v) is 5.52. The summed E-state index contributed by atoms with van der Waals surface area (Å²) in [5, 5.41) is 5.79. The van der Waals surface area contributed by atoms with Crippen LogP contribution in [0.25, 0.3) is 16.7 Å². The molecule has 3 aromatic rings. The third-order valence-electron chi connectivity index (χ3n) is 5.52. The smallest absolute Gasteiger partial charge is 0.248 e. The van der Waals surface area contributed by atoms with Crippen molar-refractivity contribution in [3.63, 3.8) is 0 Å². The summed E-state index contributed by atoms with van der Waals surface area (Å²) in [5.74, 6) is 2.22. The monoisotopic (exact) mass is 422 g/mol. The molecule has 8 nitrogen and oxygen atoms in total. The van der Waals surface area contributed by atoms with E-state index < -0.39 is 0 Å². The number of amides is 1. The Labute approximate surface area is 182 Å². The fourth-order valence-corrected chi connectivity index (χ4v) is 4.02. The molecule has 1 aliphatic heterocycles. The van der Waals surface area contributed by atoms with Gasteiger partial charge in [-0.05, 0) is 25.0 Å². The van der Waals surface area contributed by atoms with Crippen molar-refractivity contribution < 1.29 is 9.53 Å². The van der Waals surface area contributed by atoms with Crippen molar-refractivity contribution in [3.05, 3.63) is 41.9 Å². The van der Waals surface area contributed by atoms with E-state index in [-0.39, 0.29) is 12.5 Å². The lowest BCUT2D eigenvalue weighted by molar-refractivity contribution is -0.135. The molecule has 1 amide bonds. The Morgan fingerprint density at radius 3 is 2.45 bits per heavy atom. The molecule has 0 radical (unpaired) electrons. The van der Waals surface area contributed by atoms with Gasteiger partial charge in [0.2, 0.25) is 5.91 Å². The molecular formula is C23H30N6O2. The highest BCUT2D eigenvalue weighted by atomic mass is 16.5. The number of nitrogens with zero attached hydrogens (tertiary/aromatic N) is 6. The lowest BCUT2D eigenvalue weighted by Gasteiger charge is -2.35. The van der Waals surface area contributed by atoms with Crippen LogP contribution < -0.4 is 4.90 Å². The molecule has 1 aliphatic rings. The van der Waals surface area contributed by atoms with Gasteiger partial charge < -0.3 is 14.5 Å². The molecule has 0 N–H and O–H groups in total. The van der Waals surface area contributed by atoms with E-state index >= 15 is 0 Å². The molecule has 1 saturated heterocycles. The number of rotatable bonds is 6. The zero-order valence-corrected chi connectivity index (χ0v) is 18.7. The number of aryl methyl sites for hydroxylation is 1. The molecule has 0 unspecified atom stereocenters. The number of para-hydroxylation sites is 1. The Morgan fingerprint density at radius 1 is 1.10 bits per heavy atom. The van der Waals surface area contributed by atoms with Crippen molar-refractivity contribution in [1.82, 2.24) is 24.6 Å². The van der Waals surface area contributed by atoms with Crippen LogP contribution in [0.15, 0.2) is 30.3 Å². The summed E-state index contributed by atoms with van der Waals surface area (Å²) in [6.45, 7) is 9.23.